The molecule has 2 fully saturated rings. The van der Waals surface area contributed by atoms with Gasteiger partial charge >= 0.3 is 0 Å². The Kier molecular flexibility index (Phi) is 4.13. The fraction of sp³-hybridized carbons (Fsp3) is 0.611. The number of aromatic nitrogens is 2. The topological polar surface area (TPSA) is 44.0 Å². The van der Waals surface area contributed by atoms with Crippen LogP contribution in [0.2, 0.25) is 0 Å². The first-order chi connectivity index (χ1) is 10.9. The van der Waals surface area contributed by atoms with Crippen LogP contribution in [-0.2, 0) is 6.54 Å². The molecule has 4 heteroatoms. The van der Waals surface area contributed by atoms with Gasteiger partial charge in [-0.3, -0.25) is 4.90 Å². The van der Waals surface area contributed by atoms with Crippen molar-refractivity contribution in [3.05, 3.63) is 29.6 Å². The highest BCUT2D eigenvalue weighted by Crippen LogP contribution is 2.25. The summed E-state index contributed by atoms with van der Waals surface area (Å²) < 4.78 is 0. The molecule has 1 aromatic carbocycles. The highest BCUT2D eigenvalue weighted by Gasteiger charge is 2.18. The largest absolute Gasteiger partial charge is 0.342 e. The average Bonchev–Trinajstić information content (AvgIpc) is 3.00. The molecule has 4 nitrogen and oxygen atoms in total. The summed E-state index contributed by atoms with van der Waals surface area (Å²) in [5, 5.41) is 3.43. The summed E-state index contributed by atoms with van der Waals surface area (Å²) in [5.41, 5.74) is 3.74. The second-order valence-electron chi connectivity index (χ2n) is 6.83. The van der Waals surface area contributed by atoms with Crippen LogP contribution in [0.1, 0.15) is 49.4 Å². The van der Waals surface area contributed by atoms with E-state index in [1.165, 1.54) is 62.1 Å². The fourth-order valence-corrected chi connectivity index (χ4v) is 3.84. The first-order valence-electron chi connectivity index (χ1n) is 8.80. The number of fused-ring (bicyclic) bond motifs is 1. The van der Waals surface area contributed by atoms with E-state index in [2.05, 4.69) is 33.4 Å². The monoisotopic (exact) mass is 298 g/mol. The van der Waals surface area contributed by atoms with E-state index in [0.717, 1.165) is 25.2 Å². The SMILES string of the molecule is c1cc2nc(C3CCNCC3)[nH]c2cc1CN1CCCCC1. The number of imidazole rings is 1. The minimum Gasteiger partial charge on any atom is -0.342 e. The maximum absolute atomic E-state index is 4.83. The Hall–Kier alpha value is -1.39. The lowest BCUT2D eigenvalue weighted by Gasteiger charge is -2.26. The van der Waals surface area contributed by atoms with Gasteiger partial charge in [-0.25, -0.2) is 4.98 Å². The number of hydrogen-bond acceptors (Lipinski definition) is 3. The lowest BCUT2D eigenvalue weighted by Crippen LogP contribution is -2.29. The first kappa shape index (κ1) is 14.2. The molecular weight excluding hydrogens is 272 g/mol. The van der Waals surface area contributed by atoms with E-state index in [9.17, 15) is 0 Å². The molecule has 0 atom stereocenters. The Morgan fingerprint density at radius 2 is 1.91 bits per heavy atom. The van der Waals surface area contributed by atoms with Gasteiger partial charge in [-0.05, 0) is 69.6 Å². The van der Waals surface area contributed by atoms with Crippen LogP contribution in [0.5, 0.6) is 0 Å². The number of hydrogen-bond donors (Lipinski definition) is 2. The van der Waals surface area contributed by atoms with E-state index in [4.69, 9.17) is 4.98 Å². The molecule has 0 unspecified atom stereocenters. The number of benzene rings is 1. The number of likely N-dealkylation sites (tertiary alicyclic amines) is 1. The molecule has 0 bridgehead atoms. The van der Waals surface area contributed by atoms with Crippen molar-refractivity contribution < 1.29 is 0 Å². The highest BCUT2D eigenvalue weighted by molar-refractivity contribution is 5.76. The average molecular weight is 298 g/mol. The van der Waals surface area contributed by atoms with E-state index >= 15 is 0 Å². The number of aromatic amines is 1. The molecule has 1 aromatic heterocycles. The van der Waals surface area contributed by atoms with Crippen LogP contribution in [-0.4, -0.2) is 41.0 Å². The molecule has 2 N–H and O–H groups in total. The van der Waals surface area contributed by atoms with E-state index < -0.39 is 0 Å². The van der Waals surface area contributed by atoms with Crippen molar-refractivity contribution in [3.63, 3.8) is 0 Å². The molecule has 2 saturated heterocycles. The van der Waals surface area contributed by atoms with Gasteiger partial charge in [-0.2, -0.15) is 0 Å². The maximum Gasteiger partial charge on any atom is 0.110 e. The first-order valence-corrected chi connectivity index (χ1v) is 8.80. The normalized spacial score (nSPS) is 21.5. The molecule has 0 amide bonds. The van der Waals surface area contributed by atoms with Crippen LogP contribution in [0.4, 0.5) is 0 Å². The van der Waals surface area contributed by atoms with Crippen molar-refractivity contribution >= 4 is 11.0 Å². The van der Waals surface area contributed by atoms with Gasteiger partial charge in [0.1, 0.15) is 5.82 Å². The summed E-state index contributed by atoms with van der Waals surface area (Å²) in [6.07, 6.45) is 6.49. The number of nitrogens with zero attached hydrogens (tertiary/aromatic N) is 2. The van der Waals surface area contributed by atoms with E-state index in [1.807, 2.05) is 0 Å². The summed E-state index contributed by atoms with van der Waals surface area (Å²) in [6, 6.07) is 6.75. The summed E-state index contributed by atoms with van der Waals surface area (Å²) in [6.45, 7) is 5.81. The maximum atomic E-state index is 4.83. The number of piperidine rings is 2. The van der Waals surface area contributed by atoms with Gasteiger partial charge in [0.15, 0.2) is 0 Å². The van der Waals surface area contributed by atoms with Crippen molar-refractivity contribution in [1.82, 2.24) is 20.2 Å². The van der Waals surface area contributed by atoms with Crippen molar-refractivity contribution in [1.29, 1.82) is 0 Å². The second-order valence-corrected chi connectivity index (χ2v) is 6.83. The van der Waals surface area contributed by atoms with Crippen molar-refractivity contribution in [2.45, 2.75) is 44.6 Å². The number of nitrogens with one attached hydrogen (secondary N) is 2. The van der Waals surface area contributed by atoms with Crippen LogP contribution in [0.25, 0.3) is 11.0 Å². The number of H-pyrrole nitrogens is 1. The molecule has 3 heterocycles. The molecule has 2 aliphatic rings. The molecule has 118 valence electrons. The zero-order valence-corrected chi connectivity index (χ0v) is 13.3. The van der Waals surface area contributed by atoms with Crippen LogP contribution in [0.15, 0.2) is 18.2 Å². The third-order valence-electron chi connectivity index (χ3n) is 5.15. The minimum absolute atomic E-state index is 0.596. The summed E-state index contributed by atoms with van der Waals surface area (Å²) in [5.74, 6) is 1.78. The Labute approximate surface area is 132 Å². The number of rotatable bonds is 3. The van der Waals surface area contributed by atoms with Gasteiger partial charge in [0.05, 0.1) is 11.0 Å². The van der Waals surface area contributed by atoms with Gasteiger partial charge in [0.2, 0.25) is 0 Å². The highest BCUT2D eigenvalue weighted by atomic mass is 15.1. The molecular formula is C18H26N4. The molecule has 4 rings (SSSR count). The summed E-state index contributed by atoms with van der Waals surface area (Å²) >= 11 is 0. The van der Waals surface area contributed by atoms with Crippen molar-refractivity contribution in [2.75, 3.05) is 26.2 Å². The summed E-state index contributed by atoms with van der Waals surface area (Å²) in [4.78, 5) is 11.0. The predicted octanol–water partition coefficient (Wildman–Crippen LogP) is 3.02. The van der Waals surface area contributed by atoms with Gasteiger partial charge in [0, 0.05) is 12.5 Å². The molecule has 2 aromatic rings. The second kappa shape index (κ2) is 6.39. The summed E-state index contributed by atoms with van der Waals surface area (Å²) in [7, 11) is 0. The fourth-order valence-electron chi connectivity index (χ4n) is 3.84. The molecule has 22 heavy (non-hydrogen) atoms. The van der Waals surface area contributed by atoms with Gasteiger partial charge in [-0.15, -0.1) is 0 Å². The molecule has 0 aliphatic carbocycles. The third-order valence-corrected chi connectivity index (χ3v) is 5.15. The Morgan fingerprint density at radius 3 is 2.73 bits per heavy atom. The quantitative estimate of drug-likeness (QED) is 0.915. The zero-order chi connectivity index (χ0) is 14.8. The Balaban J connectivity index is 1.52. The van der Waals surface area contributed by atoms with Crippen LogP contribution >= 0.6 is 0 Å². The van der Waals surface area contributed by atoms with Gasteiger partial charge in [-0.1, -0.05) is 12.5 Å². The van der Waals surface area contributed by atoms with Gasteiger partial charge in [0.25, 0.3) is 0 Å². The predicted molar refractivity (Wildman–Crippen MR) is 90.1 cm³/mol. The smallest absolute Gasteiger partial charge is 0.110 e. The third kappa shape index (κ3) is 3.03. The lowest BCUT2D eigenvalue weighted by atomic mass is 9.98. The van der Waals surface area contributed by atoms with E-state index in [-0.39, 0.29) is 0 Å². The van der Waals surface area contributed by atoms with Crippen molar-refractivity contribution in [3.8, 4) is 0 Å². The van der Waals surface area contributed by atoms with Crippen molar-refractivity contribution in [2.24, 2.45) is 0 Å². The zero-order valence-electron chi connectivity index (χ0n) is 13.3. The standard InChI is InChI=1S/C18H26N4/c1-2-10-22(11-3-1)13-14-4-5-16-17(12-14)21-18(20-16)15-6-8-19-9-7-15/h4-5,12,15,19H,1-3,6-11,13H2,(H,20,21). The Bertz CT molecular complexity index is 621. The lowest BCUT2D eigenvalue weighted by molar-refractivity contribution is 0.221. The Morgan fingerprint density at radius 1 is 1.09 bits per heavy atom. The molecule has 0 saturated carbocycles. The molecule has 0 radical (unpaired) electrons. The van der Waals surface area contributed by atoms with Gasteiger partial charge < -0.3 is 10.3 Å². The van der Waals surface area contributed by atoms with Crippen LogP contribution in [0.3, 0.4) is 0 Å². The van der Waals surface area contributed by atoms with E-state index in [1.54, 1.807) is 0 Å². The molecule has 2 aliphatic heterocycles. The van der Waals surface area contributed by atoms with Crippen LogP contribution < -0.4 is 5.32 Å². The van der Waals surface area contributed by atoms with Crippen LogP contribution in [0, 0.1) is 0 Å². The van der Waals surface area contributed by atoms with E-state index in [0.29, 0.717) is 5.92 Å². The minimum atomic E-state index is 0.596. The molecule has 0 spiro atoms.